The Labute approximate surface area is 83.3 Å². The van der Waals surface area contributed by atoms with Crippen LogP contribution in [0, 0.1) is 0 Å². The third-order valence-corrected chi connectivity index (χ3v) is 2.27. The summed E-state index contributed by atoms with van der Waals surface area (Å²) >= 11 is 0. The molecule has 0 saturated heterocycles. The van der Waals surface area contributed by atoms with Crippen molar-refractivity contribution in [3.05, 3.63) is 35.5 Å². The van der Waals surface area contributed by atoms with Gasteiger partial charge in [-0.25, -0.2) is 0 Å². The lowest BCUT2D eigenvalue weighted by Gasteiger charge is -2.06. The molecule has 0 saturated carbocycles. The number of H-pyrrole nitrogens is 1. The summed E-state index contributed by atoms with van der Waals surface area (Å²) in [5.74, 6) is 0. The predicted octanol–water partition coefficient (Wildman–Crippen LogP) is 2.68. The van der Waals surface area contributed by atoms with Crippen LogP contribution in [-0.4, -0.2) is 10.1 Å². The molecule has 15 heavy (non-hydrogen) atoms. The molecule has 0 aliphatic rings. The van der Waals surface area contributed by atoms with E-state index in [9.17, 15) is 13.2 Å². The van der Waals surface area contributed by atoms with E-state index in [4.69, 9.17) is 5.11 Å². The van der Waals surface area contributed by atoms with E-state index in [1.807, 2.05) is 0 Å². The molecule has 2 rings (SSSR count). The number of aromatic amines is 1. The predicted molar refractivity (Wildman–Crippen MR) is 49.2 cm³/mol. The molecule has 2 nitrogen and oxygen atoms in total. The van der Waals surface area contributed by atoms with Gasteiger partial charge in [0.2, 0.25) is 0 Å². The van der Waals surface area contributed by atoms with Crippen LogP contribution in [0.4, 0.5) is 13.2 Å². The minimum atomic E-state index is -4.33. The van der Waals surface area contributed by atoms with Crippen LogP contribution >= 0.6 is 0 Å². The molecule has 0 atom stereocenters. The molecule has 0 amide bonds. The van der Waals surface area contributed by atoms with Crippen molar-refractivity contribution in [1.82, 2.24) is 4.98 Å². The first-order chi connectivity index (χ1) is 7.02. The molecular weight excluding hydrogens is 207 g/mol. The number of hydrogen-bond donors (Lipinski definition) is 2. The Morgan fingerprint density at radius 3 is 2.60 bits per heavy atom. The SMILES string of the molecule is OCc1c[nH]c2cc(C(F)(F)F)ccc12. The first kappa shape index (κ1) is 10.0. The van der Waals surface area contributed by atoms with E-state index < -0.39 is 11.7 Å². The van der Waals surface area contributed by atoms with Gasteiger partial charge in [-0.3, -0.25) is 0 Å². The number of hydrogen-bond acceptors (Lipinski definition) is 1. The Morgan fingerprint density at radius 2 is 2.00 bits per heavy atom. The van der Waals surface area contributed by atoms with Gasteiger partial charge >= 0.3 is 6.18 Å². The molecule has 0 bridgehead atoms. The number of aliphatic hydroxyl groups is 1. The normalized spacial score (nSPS) is 12.3. The molecule has 2 aromatic rings. The van der Waals surface area contributed by atoms with Gasteiger partial charge in [0.15, 0.2) is 0 Å². The largest absolute Gasteiger partial charge is 0.416 e. The lowest BCUT2D eigenvalue weighted by atomic mass is 10.1. The average molecular weight is 215 g/mol. The number of aromatic nitrogens is 1. The maximum atomic E-state index is 12.3. The van der Waals surface area contributed by atoms with E-state index in [1.54, 1.807) is 0 Å². The van der Waals surface area contributed by atoms with E-state index >= 15 is 0 Å². The van der Waals surface area contributed by atoms with E-state index in [0.29, 0.717) is 16.5 Å². The fraction of sp³-hybridized carbons (Fsp3) is 0.200. The van der Waals surface area contributed by atoms with E-state index in [0.717, 1.165) is 12.1 Å². The topological polar surface area (TPSA) is 36.0 Å². The lowest BCUT2D eigenvalue weighted by Crippen LogP contribution is -2.04. The Balaban J connectivity index is 2.58. The van der Waals surface area contributed by atoms with Gasteiger partial charge in [0.1, 0.15) is 0 Å². The van der Waals surface area contributed by atoms with Crippen LogP contribution in [0.15, 0.2) is 24.4 Å². The Kier molecular flexibility index (Phi) is 2.19. The maximum Gasteiger partial charge on any atom is 0.416 e. The molecule has 0 radical (unpaired) electrons. The van der Waals surface area contributed by atoms with Crippen molar-refractivity contribution in [2.75, 3.05) is 0 Å². The molecule has 5 heteroatoms. The summed E-state index contributed by atoms with van der Waals surface area (Å²) < 4.78 is 37.0. The Bertz CT molecular complexity index is 487. The summed E-state index contributed by atoms with van der Waals surface area (Å²) in [7, 11) is 0. The van der Waals surface area contributed by atoms with Crippen LogP contribution < -0.4 is 0 Å². The minimum Gasteiger partial charge on any atom is -0.392 e. The van der Waals surface area contributed by atoms with E-state index in [1.165, 1.54) is 12.3 Å². The second-order valence-corrected chi connectivity index (χ2v) is 3.23. The van der Waals surface area contributed by atoms with Crippen LogP contribution in [-0.2, 0) is 12.8 Å². The van der Waals surface area contributed by atoms with Crippen molar-refractivity contribution in [2.24, 2.45) is 0 Å². The highest BCUT2D eigenvalue weighted by Crippen LogP contribution is 2.31. The minimum absolute atomic E-state index is 0.189. The number of halogens is 3. The maximum absolute atomic E-state index is 12.3. The molecule has 0 fully saturated rings. The van der Waals surface area contributed by atoms with Gasteiger partial charge in [0.05, 0.1) is 12.2 Å². The molecule has 0 spiro atoms. The highest BCUT2D eigenvalue weighted by Gasteiger charge is 2.30. The zero-order valence-electron chi connectivity index (χ0n) is 7.60. The lowest BCUT2D eigenvalue weighted by molar-refractivity contribution is -0.137. The fourth-order valence-corrected chi connectivity index (χ4v) is 1.49. The molecule has 0 aliphatic carbocycles. The fourth-order valence-electron chi connectivity index (χ4n) is 1.49. The third kappa shape index (κ3) is 1.70. The Morgan fingerprint density at radius 1 is 1.27 bits per heavy atom. The van der Waals surface area contributed by atoms with Crippen LogP contribution in [0.1, 0.15) is 11.1 Å². The summed E-state index contributed by atoms with van der Waals surface area (Å²) in [6.07, 6.45) is -2.83. The van der Waals surface area contributed by atoms with Crippen LogP contribution in [0.2, 0.25) is 0 Å². The van der Waals surface area contributed by atoms with Gasteiger partial charge in [0, 0.05) is 22.7 Å². The van der Waals surface area contributed by atoms with Crippen LogP contribution in [0.3, 0.4) is 0 Å². The molecule has 2 N–H and O–H groups in total. The van der Waals surface area contributed by atoms with Gasteiger partial charge in [-0.05, 0) is 12.1 Å². The molecule has 1 aromatic heterocycles. The summed E-state index contributed by atoms with van der Waals surface area (Å²) in [6.45, 7) is -0.189. The van der Waals surface area contributed by atoms with Crippen molar-refractivity contribution in [3.63, 3.8) is 0 Å². The quantitative estimate of drug-likeness (QED) is 0.753. The van der Waals surface area contributed by atoms with Gasteiger partial charge in [0.25, 0.3) is 0 Å². The number of nitrogens with one attached hydrogen (secondary N) is 1. The summed E-state index contributed by atoms with van der Waals surface area (Å²) in [5, 5.41) is 9.53. The zero-order chi connectivity index (χ0) is 11.1. The van der Waals surface area contributed by atoms with Gasteiger partial charge < -0.3 is 10.1 Å². The van der Waals surface area contributed by atoms with Crippen LogP contribution in [0.5, 0.6) is 0 Å². The third-order valence-electron chi connectivity index (χ3n) is 2.27. The molecule has 1 aromatic carbocycles. The molecule has 0 unspecified atom stereocenters. The summed E-state index contributed by atoms with van der Waals surface area (Å²) in [4.78, 5) is 2.69. The van der Waals surface area contributed by atoms with E-state index in [2.05, 4.69) is 4.98 Å². The molecule has 80 valence electrons. The highest BCUT2D eigenvalue weighted by atomic mass is 19.4. The van der Waals surface area contributed by atoms with Crippen molar-refractivity contribution < 1.29 is 18.3 Å². The number of fused-ring (bicyclic) bond motifs is 1. The van der Waals surface area contributed by atoms with Gasteiger partial charge in [-0.2, -0.15) is 13.2 Å². The number of alkyl halides is 3. The van der Waals surface area contributed by atoms with E-state index in [-0.39, 0.29) is 6.61 Å². The number of benzene rings is 1. The molecular formula is C10H8F3NO. The summed E-state index contributed by atoms with van der Waals surface area (Å²) in [6, 6.07) is 3.41. The second-order valence-electron chi connectivity index (χ2n) is 3.23. The smallest absolute Gasteiger partial charge is 0.392 e. The summed E-state index contributed by atoms with van der Waals surface area (Å²) in [5.41, 5.74) is 0.286. The number of aliphatic hydroxyl groups excluding tert-OH is 1. The highest BCUT2D eigenvalue weighted by molar-refractivity contribution is 5.83. The monoisotopic (exact) mass is 215 g/mol. The second kappa shape index (κ2) is 3.27. The van der Waals surface area contributed by atoms with Crippen LogP contribution in [0.25, 0.3) is 10.9 Å². The molecule has 1 heterocycles. The molecule has 0 aliphatic heterocycles. The van der Waals surface area contributed by atoms with Crippen molar-refractivity contribution >= 4 is 10.9 Å². The zero-order valence-corrected chi connectivity index (χ0v) is 7.60. The van der Waals surface area contributed by atoms with Crippen molar-refractivity contribution in [3.8, 4) is 0 Å². The van der Waals surface area contributed by atoms with Crippen molar-refractivity contribution in [1.29, 1.82) is 0 Å². The van der Waals surface area contributed by atoms with Crippen molar-refractivity contribution in [2.45, 2.75) is 12.8 Å². The first-order valence-corrected chi connectivity index (χ1v) is 4.30. The number of rotatable bonds is 1. The first-order valence-electron chi connectivity index (χ1n) is 4.30. The average Bonchev–Trinajstić information content (AvgIpc) is 2.58. The standard InChI is InChI=1S/C10H8F3NO/c11-10(12,13)7-1-2-8-6(5-15)4-14-9(8)3-7/h1-4,14-15H,5H2. The van der Waals surface area contributed by atoms with Gasteiger partial charge in [-0.1, -0.05) is 6.07 Å². The van der Waals surface area contributed by atoms with Gasteiger partial charge in [-0.15, -0.1) is 0 Å². The Hall–Kier alpha value is -1.49.